The molecule has 0 aromatic carbocycles. The second-order valence-corrected chi connectivity index (χ2v) is 6.71. The maximum absolute atomic E-state index is 12.0. The molecule has 1 saturated heterocycles. The van der Waals surface area contributed by atoms with E-state index in [9.17, 15) is 4.79 Å². The first-order chi connectivity index (χ1) is 11.2. The molecule has 1 atom stereocenters. The van der Waals surface area contributed by atoms with Gasteiger partial charge in [-0.3, -0.25) is 0 Å². The standard InChI is InChI=1S/C18H26N2O3S/c1-7-9-11-14-15(10-8-2)22-12-13(16(24)20(14)6)19-17(21)23-18(3,4)5/h7-8,10-11,13H,1-2,9,12H2,3-6H3,(H,19,21)/b14-11+,15-10+/t13-/m0/s1. The summed E-state index contributed by atoms with van der Waals surface area (Å²) in [6, 6.07) is -0.470. The quantitative estimate of drug-likeness (QED) is 0.619. The molecule has 24 heavy (non-hydrogen) atoms. The summed E-state index contributed by atoms with van der Waals surface area (Å²) in [5.41, 5.74) is 0.236. The van der Waals surface area contributed by atoms with E-state index in [4.69, 9.17) is 21.7 Å². The van der Waals surface area contributed by atoms with Gasteiger partial charge in [-0.15, -0.1) is 6.58 Å². The molecule has 1 N–H and O–H groups in total. The first-order valence-electron chi connectivity index (χ1n) is 7.73. The molecule has 1 rings (SSSR count). The fraction of sp³-hybridized carbons (Fsp3) is 0.444. The van der Waals surface area contributed by atoms with Gasteiger partial charge >= 0.3 is 6.09 Å². The fourth-order valence-electron chi connectivity index (χ4n) is 2.06. The van der Waals surface area contributed by atoms with Crippen molar-refractivity contribution in [1.82, 2.24) is 10.2 Å². The maximum Gasteiger partial charge on any atom is 0.408 e. The molecule has 0 radical (unpaired) electrons. The Balaban J connectivity index is 3.00. The number of likely N-dealkylation sites (N-methyl/N-ethyl adjacent to an activating group) is 1. The highest BCUT2D eigenvalue weighted by Crippen LogP contribution is 2.23. The third-order valence-corrected chi connectivity index (χ3v) is 3.64. The van der Waals surface area contributed by atoms with Crippen molar-refractivity contribution in [2.75, 3.05) is 13.7 Å². The monoisotopic (exact) mass is 350 g/mol. The SMILES string of the molecule is C=C/C=C1/OC[C@H](NC(=O)OC(C)(C)C)C(=S)N(C)/C1=C/CC=C. The molecule has 1 aliphatic heterocycles. The molecular formula is C18H26N2O3S. The highest BCUT2D eigenvalue weighted by Gasteiger charge is 2.30. The van der Waals surface area contributed by atoms with E-state index >= 15 is 0 Å². The zero-order valence-electron chi connectivity index (χ0n) is 14.8. The van der Waals surface area contributed by atoms with E-state index in [1.165, 1.54) is 0 Å². The molecule has 6 heteroatoms. The summed E-state index contributed by atoms with van der Waals surface area (Å²) in [6.07, 6.45) is 7.31. The average Bonchev–Trinajstić information content (AvgIpc) is 2.57. The smallest absolute Gasteiger partial charge is 0.408 e. The zero-order valence-corrected chi connectivity index (χ0v) is 15.6. The van der Waals surface area contributed by atoms with Crippen LogP contribution < -0.4 is 5.32 Å². The van der Waals surface area contributed by atoms with E-state index < -0.39 is 17.7 Å². The number of allylic oxidation sites excluding steroid dienone is 4. The number of ether oxygens (including phenoxy) is 2. The topological polar surface area (TPSA) is 50.8 Å². The van der Waals surface area contributed by atoms with Crippen LogP contribution in [0.5, 0.6) is 0 Å². The number of nitrogens with one attached hydrogen (secondary N) is 1. The van der Waals surface area contributed by atoms with Crippen LogP contribution in [0.2, 0.25) is 0 Å². The largest absolute Gasteiger partial charge is 0.489 e. The van der Waals surface area contributed by atoms with Crippen LogP contribution in [0.25, 0.3) is 0 Å². The molecule has 0 aliphatic carbocycles. The number of carbonyl (C=O) groups excluding carboxylic acids is 1. The minimum Gasteiger partial charge on any atom is -0.489 e. The van der Waals surface area contributed by atoms with E-state index in [1.54, 1.807) is 18.2 Å². The van der Waals surface area contributed by atoms with Crippen LogP contribution >= 0.6 is 12.2 Å². The summed E-state index contributed by atoms with van der Waals surface area (Å²) in [4.78, 5) is 14.4. The van der Waals surface area contributed by atoms with Crippen molar-refractivity contribution in [1.29, 1.82) is 0 Å². The predicted molar refractivity (Wildman–Crippen MR) is 101 cm³/mol. The Morgan fingerprint density at radius 3 is 2.71 bits per heavy atom. The number of nitrogens with zero attached hydrogens (tertiary/aromatic N) is 1. The van der Waals surface area contributed by atoms with Crippen LogP contribution in [-0.2, 0) is 9.47 Å². The molecule has 1 fully saturated rings. The Kier molecular flexibility index (Phi) is 7.22. The predicted octanol–water partition coefficient (Wildman–Crippen LogP) is 3.70. The third kappa shape index (κ3) is 5.85. The molecule has 0 bridgehead atoms. The number of alkyl carbamates (subject to hydrolysis) is 1. The summed E-state index contributed by atoms with van der Waals surface area (Å²) >= 11 is 5.52. The molecule has 0 spiro atoms. The number of hydrogen-bond donors (Lipinski definition) is 1. The molecule has 0 unspecified atom stereocenters. The van der Waals surface area contributed by atoms with Crippen LogP contribution in [0.1, 0.15) is 27.2 Å². The third-order valence-electron chi connectivity index (χ3n) is 3.09. The highest BCUT2D eigenvalue weighted by molar-refractivity contribution is 7.80. The van der Waals surface area contributed by atoms with Gasteiger partial charge in [-0.2, -0.15) is 0 Å². The summed E-state index contributed by atoms with van der Waals surface area (Å²) < 4.78 is 11.1. The normalized spacial score (nSPS) is 21.9. The molecule has 0 saturated carbocycles. The molecular weight excluding hydrogens is 324 g/mol. The van der Waals surface area contributed by atoms with E-state index in [2.05, 4.69) is 18.5 Å². The van der Waals surface area contributed by atoms with Crippen LogP contribution in [-0.4, -0.2) is 41.3 Å². The van der Waals surface area contributed by atoms with E-state index in [1.807, 2.05) is 38.8 Å². The molecule has 0 aromatic rings. The first kappa shape index (κ1) is 20.0. The van der Waals surface area contributed by atoms with Crippen molar-refractivity contribution in [2.45, 2.75) is 38.8 Å². The molecule has 1 aliphatic rings. The number of rotatable bonds is 4. The van der Waals surface area contributed by atoms with Crippen molar-refractivity contribution in [3.05, 3.63) is 48.9 Å². The van der Waals surface area contributed by atoms with E-state index in [0.29, 0.717) is 17.2 Å². The number of amides is 1. The summed E-state index contributed by atoms with van der Waals surface area (Å²) in [5, 5.41) is 2.77. The van der Waals surface area contributed by atoms with Crippen molar-refractivity contribution >= 4 is 23.3 Å². The van der Waals surface area contributed by atoms with Gasteiger partial charge in [0.1, 0.15) is 29.0 Å². The molecule has 5 nitrogen and oxygen atoms in total. The van der Waals surface area contributed by atoms with Gasteiger partial charge in [0.05, 0.1) is 5.70 Å². The van der Waals surface area contributed by atoms with Crippen molar-refractivity contribution in [3.8, 4) is 0 Å². The molecule has 1 heterocycles. The first-order valence-corrected chi connectivity index (χ1v) is 8.14. The van der Waals surface area contributed by atoms with Gasteiger partial charge in [0.15, 0.2) is 0 Å². The lowest BCUT2D eigenvalue weighted by atomic mass is 10.2. The lowest BCUT2D eigenvalue weighted by Gasteiger charge is -2.26. The number of carbonyl (C=O) groups is 1. The van der Waals surface area contributed by atoms with Crippen LogP contribution in [0, 0.1) is 0 Å². The Bertz CT molecular complexity index is 573. The number of thiocarbonyl (C=S) groups is 1. The fourth-order valence-corrected chi connectivity index (χ4v) is 2.29. The summed E-state index contributed by atoms with van der Waals surface area (Å²) in [5.74, 6) is 0.644. The highest BCUT2D eigenvalue weighted by atomic mass is 32.1. The van der Waals surface area contributed by atoms with Gasteiger partial charge in [-0.25, -0.2) is 4.79 Å². The van der Waals surface area contributed by atoms with Crippen molar-refractivity contribution < 1.29 is 14.3 Å². The average molecular weight is 350 g/mol. The minimum atomic E-state index is -0.577. The van der Waals surface area contributed by atoms with E-state index in [0.717, 1.165) is 5.70 Å². The Hall–Kier alpha value is -2.08. The molecule has 0 aromatic heterocycles. The van der Waals surface area contributed by atoms with Gasteiger partial charge in [0.2, 0.25) is 0 Å². The maximum atomic E-state index is 12.0. The lowest BCUT2D eigenvalue weighted by molar-refractivity contribution is 0.0499. The van der Waals surface area contributed by atoms with Crippen LogP contribution in [0.15, 0.2) is 48.9 Å². The van der Waals surface area contributed by atoms with Gasteiger partial charge in [-0.1, -0.05) is 37.0 Å². The lowest BCUT2D eigenvalue weighted by Crippen LogP contribution is -2.48. The Morgan fingerprint density at radius 2 is 2.17 bits per heavy atom. The summed E-state index contributed by atoms with van der Waals surface area (Å²) in [6.45, 7) is 13.1. The zero-order chi connectivity index (χ0) is 18.3. The summed E-state index contributed by atoms with van der Waals surface area (Å²) in [7, 11) is 1.84. The molecule has 132 valence electrons. The van der Waals surface area contributed by atoms with Crippen LogP contribution in [0.3, 0.4) is 0 Å². The van der Waals surface area contributed by atoms with Crippen molar-refractivity contribution in [3.63, 3.8) is 0 Å². The van der Waals surface area contributed by atoms with Gasteiger partial charge in [0.25, 0.3) is 0 Å². The second-order valence-electron chi connectivity index (χ2n) is 6.29. The van der Waals surface area contributed by atoms with Gasteiger partial charge in [-0.05, 0) is 33.3 Å². The van der Waals surface area contributed by atoms with Gasteiger partial charge in [0, 0.05) is 7.05 Å². The second kappa shape index (κ2) is 8.68. The van der Waals surface area contributed by atoms with Crippen molar-refractivity contribution in [2.24, 2.45) is 0 Å². The Morgan fingerprint density at radius 1 is 1.50 bits per heavy atom. The number of hydrogen-bond acceptors (Lipinski definition) is 4. The Labute approximate surface area is 149 Å². The van der Waals surface area contributed by atoms with Gasteiger partial charge < -0.3 is 19.7 Å². The molecule has 1 amide bonds. The minimum absolute atomic E-state index is 0.216. The van der Waals surface area contributed by atoms with Crippen LogP contribution in [0.4, 0.5) is 4.79 Å². The van der Waals surface area contributed by atoms with E-state index in [-0.39, 0.29) is 6.61 Å².